The lowest BCUT2D eigenvalue weighted by Crippen LogP contribution is -2.54. The minimum absolute atomic E-state index is 0.00346. The molecule has 4 spiro atoms. The fourth-order valence-corrected chi connectivity index (χ4v) is 23.2. The zero-order valence-corrected chi connectivity index (χ0v) is 75.5. The van der Waals surface area contributed by atoms with Crippen LogP contribution in [0.25, 0.3) is 0 Å². The molecule has 10 aliphatic rings. The highest BCUT2D eigenvalue weighted by Crippen LogP contribution is 2.52. The SMILES string of the molecule is CN(C)C1(c2ccccc2)CCC2(CC1)CN(c1ccccc1CS(C)(=O)=O)C(=O)N2.CN(C)C1(c2ccccc2)CCC2(CC1)CN(c1cnc(N3CCS(=O)(=O)CC3)nc1)C(=O)N2.CN(C)C1(c2ccccc2)CCC2(CC1)CN(c1cnccc1F)C(=O)N2.Cc1nc(N2CCOCC2)ncc1N1CC2(CCC(c3ccccc3)(N(C)C)CC2)NC1=O. The molecule has 9 heterocycles. The van der Waals surface area contributed by atoms with Gasteiger partial charge < -0.3 is 35.8 Å². The van der Waals surface area contributed by atoms with E-state index in [0.717, 1.165) is 127 Å². The summed E-state index contributed by atoms with van der Waals surface area (Å²) in [7, 11) is 11.0. The van der Waals surface area contributed by atoms with Crippen LogP contribution in [0.3, 0.4) is 0 Å². The minimum Gasteiger partial charge on any atom is -0.378 e. The summed E-state index contributed by atoms with van der Waals surface area (Å²) in [6.45, 7) is 8.01. The van der Waals surface area contributed by atoms with Gasteiger partial charge in [0.05, 0.1) is 126 Å². The molecule has 0 unspecified atom stereocenters. The molecular weight excluding hydrogens is 1620 g/mol. The number of para-hydroxylation sites is 1. The summed E-state index contributed by atoms with van der Waals surface area (Å²) in [5.41, 5.74) is 8.03. The number of ether oxygens (including phenoxy) is 1. The number of carbonyl (C=O) groups excluding carboxylic acids is 4. The number of benzene rings is 5. The third-order valence-electron chi connectivity index (χ3n) is 28.9. The van der Waals surface area contributed by atoms with Gasteiger partial charge in [-0.15, -0.1) is 0 Å². The zero-order chi connectivity index (χ0) is 88.4. The van der Waals surface area contributed by atoms with Crippen LogP contribution in [-0.4, -0.2) is 247 Å². The van der Waals surface area contributed by atoms with Crippen molar-refractivity contribution in [3.05, 3.63) is 222 Å². The second-order valence-electron chi connectivity index (χ2n) is 37.0. The van der Waals surface area contributed by atoms with E-state index in [-0.39, 0.29) is 91.4 Å². The van der Waals surface area contributed by atoms with Crippen molar-refractivity contribution in [2.45, 2.75) is 160 Å². The normalized spacial score (nSPS) is 27.9. The molecule has 666 valence electrons. The van der Waals surface area contributed by atoms with Crippen LogP contribution in [-0.2, 0) is 52.3 Å². The van der Waals surface area contributed by atoms with Crippen molar-refractivity contribution < 1.29 is 45.1 Å². The quantitative estimate of drug-likeness (QED) is 0.0699. The van der Waals surface area contributed by atoms with E-state index in [4.69, 9.17) is 9.72 Å². The van der Waals surface area contributed by atoms with Gasteiger partial charge in [-0.25, -0.2) is 60.3 Å². The molecule has 8 aromatic rings. The number of hydrogen-bond donors (Lipinski definition) is 4. The van der Waals surface area contributed by atoms with Crippen molar-refractivity contribution in [3.8, 4) is 0 Å². The molecule has 8 amide bonds. The number of hydrogen-bond acceptors (Lipinski definition) is 20. The first-order valence-corrected chi connectivity index (χ1v) is 47.7. The Balaban J connectivity index is 0.000000129. The zero-order valence-electron chi connectivity index (χ0n) is 73.9. The van der Waals surface area contributed by atoms with Gasteiger partial charge in [-0.05, 0) is 206 Å². The Morgan fingerprint density at radius 2 is 0.752 bits per heavy atom. The van der Waals surface area contributed by atoms with Crippen molar-refractivity contribution >= 4 is 78.4 Å². The fraction of sp³-hybridized carbons (Fsp3) is 0.500. The number of aryl methyl sites for hydroxylation is 1. The van der Waals surface area contributed by atoms with Crippen LogP contribution in [0.4, 0.5) is 58.2 Å². The van der Waals surface area contributed by atoms with Crippen LogP contribution in [0, 0.1) is 12.7 Å². The first kappa shape index (κ1) is 89.5. The van der Waals surface area contributed by atoms with Crippen LogP contribution in [0.1, 0.15) is 136 Å². The van der Waals surface area contributed by atoms with Crippen LogP contribution in [0.5, 0.6) is 0 Å². The van der Waals surface area contributed by atoms with E-state index >= 15 is 0 Å². The Morgan fingerprint density at radius 1 is 0.416 bits per heavy atom. The molecule has 0 bridgehead atoms. The van der Waals surface area contributed by atoms with E-state index in [1.807, 2.05) is 59.3 Å². The first-order valence-electron chi connectivity index (χ1n) is 43.8. The smallest absolute Gasteiger partial charge is 0.322 e. The number of halogens is 1. The van der Waals surface area contributed by atoms with Gasteiger partial charge >= 0.3 is 24.1 Å². The third kappa shape index (κ3) is 18.7. The second kappa shape index (κ2) is 36.2. The lowest BCUT2D eigenvalue weighted by Gasteiger charge is -2.48. The maximum absolute atomic E-state index is 14.2. The standard InChI is InChI=1S/C25H34N6O2.C24H32N6O3S.C24H31N3O3S.C21H25FN4O/c1-19-21(17-26-22(27-19)30-13-15-33-16-14-30)31-18-24(28-23(31)32)9-11-25(12-10-24,29(2)3)20-7-5-4-6-8-20;1-28(2)24(19-6-4-3-5-7-19)10-8-23(9-11-24)18-30(22(31)27-23)20-16-25-21(26-17-20)29-12-14-34(32,33)15-13-29;1-26(2)24(20-10-5-4-6-11-20)15-13-23(14-16-24)18-27(22(28)25-23)21-12-8-7-9-19(21)17-31(3,29)30;1-25(2)21(16-6-4-3-5-7-16)11-9-20(10-12-21)15-26(19(27)24-20)18-14-23-13-8-17(18)22/h4-8,17H,9-16,18H2,1-3H3,(H,28,32);3-7,16-17H,8-15,18H2,1-2H3,(H,27,31);4-12H,13-18H2,1-3H3,(H,25,28);3-8,13-14H,9-12,15H2,1-2H3,(H,24,27). The summed E-state index contributed by atoms with van der Waals surface area (Å²) in [6, 6.07) is 50.6. The maximum atomic E-state index is 14.2. The van der Waals surface area contributed by atoms with Crippen molar-refractivity contribution in [3.63, 3.8) is 0 Å². The average Bonchev–Trinajstić information content (AvgIpc) is 1.59. The number of rotatable bonds is 16. The van der Waals surface area contributed by atoms with Gasteiger partial charge in [-0.1, -0.05) is 140 Å². The monoisotopic (exact) mass is 1740 g/mol. The summed E-state index contributed by atoms with van der Waals surface area (Å²) in [5, 5.41) is 13.0. The molecular formula is C94H122FN19O9S2. The predicted octanol–water partition coefficient (Wildman–Crippen LogP) is 12.0. The Bertz CT molecular complexity index is 5340. The maximum Gasteiger partial charge on any atom is 0.322 e. The molecule has 10 fully saturated rings. The van der Waals surface area contributed by atoms with E-state index in [9.17, 15) is 40.4 Å². The van der Waals surface area contributed by atoms with Crippen molar-refractivity contribution in [2.75, 3.05) is 169 Å². The number of urea groups is 4. The van der Waals surface area contributed by atoms with Crippen LogP contribution in [0.15, 0.2) is 183 Å². The molecule has 4 saturated carbocycles. The van der Waals surface area contributed by atoms with Gasteiger partial charge in [0.25, 0.3) is 0 Å². The molecule has 6 aliphatic heterocycles. The molecule has 0 atom stereocenters. The van der Waals surface area contributed by atoms with Crippen molar-refractivity contribution in [1.82, 2.24) is 65.8 Å². The number of pyridine rings is 1. The molecule has 4 N–H and O–H groups in total. The number of carbonyl (C=O) groups is 4. The summed E-state index contributed by atoms with van der Waals surface area (Å²) in [6.07, 6.45) is 24.0. The lowest BCUT2D eigenvalue weighted by atomic mass is 9.69. The molecule has 4 aliphatic carbocycles. The number of aromatic nitrogens is 5. The van der Waals surface area contributed by atoms with Gasteiger partial charge in [0.1, 0.15) is 5.82 Å². The van der Waals surface area contributed by atoms with Gasteiger partial charge in [0.2, 0.25) is 11.9 Å². The Labute approximate surface area is 735 Å². The number of sulfone groups is 2. The molecule has 3 aromatic heterocycles. The summed E-state index contributed by atoms with van der Waals surface area (Å²) in [4.78, 5) is 93.8. The number of nitrogens with one attached hydrogen (secondary N) is 4. The molecule has 0 radical (unpaired) electrons. The van der Waals surface area contributed by atoms with Crippen LogP contribution >= 0.6 is 0 Å². The Morgan fingerprint density at radius 3 is 1.12 bits per heavy atom. The Kier molecular flexibility index (Phi) is 25.9. The summed E-state index contributed by atoms with van der Waals surface area (Å²) < 4.78 is 66.7. The first-order chi connectivity index (χ1) is 59.7. The second-order valence-corrected chi connectivity index (χ2v) is 41.4. The number of morpholine rings is 1. The van der Waals surface area contributed by atoms with Gasteiger partial charge in [-0.3, -0.25) is 44.2 Å². The average molecular weight is 1750 g/mol. The molecule has 6 saturated heterocycles. The van der Waals surface area contributed by atoms with Gasteiger partial charge in [0, 0.05) is 66.5 Å². The highest BCUT2D eigenvalue weighted by Gasteiger charge is 2.56. The van der Waals surface area contributed by atoms with Crippen LogP contribution in [0.2, 0.25) is 0 Å². The fourth-order valence-electron chi connectivity index (χ4n) is 21.2. The lowest BCUT2D eigenvalue weighted by molar-refractivity contribution is 0.0657. The van der Waals surface area contributed by atoms with Crippen LogP contribution < -0.4 is 50.7 Å². The summed E-state index contributed by atoms with van der Waals surface area (Å²) >= 11 is 0. The molecule has 31 heteroatoms. The molecule has 18 rings (SSSR count). The van der Waals surface area contributed by atoms with Crippen molar-refractivity contribution in [1.29, 1.82) is 0 Å². The molecule has 5 aromatic carbocycles. The van der Waals surface area contributed by atoms with E-state index in [0.29, 0.717) is 81.3 Å². The number of anilines is 6. The van der Waals surface area contributed by atoms with E-state index < -0.39 is 25.5 Å². The van der Waals surface area contributed by atoms with Crippen molar-refractivity contribution in [2.24, 2.45) is 0 Å². The minimum atomic E-state index is -3.20. The third-order valence-corrected chi connectivity index (χ3v) is 31.4. The topological polar surface area (TPSA) is 291 Å². The number of nitrogens with zero attached hydrogens (tertiary/aromatic N) is 15. The molecule has 28 nitrogen and oxygen atoms in total. The number of amides is 8. The van der Waals surface area contributed by atoms with Gasteiger partial charge in [0.15, 0.2) is 19.7 Å². The highest BCUT2D eigenvalue weighted by molar-refractivity contribution is 7.91. The van der Waals surface area contributed by atoms with Gasteiger partial charge in [-0.2, -0.15) is 0 Å². The summed E-state index contributed by atoms with van der Waals surface area (Å²) in [5.74, 6) is 0.964. The predicted molar refractivity (Wildman–Crippen MR) is 487 cm³/mol. The largest absolute Gasteiger partial charge is 0.378 e. The van der Waals surface area contributed by atoms with E-state index in [1.54, 1.807) is 28.3 Å². The van der Waals surface area contributed by atoms with E-state index in [1.165, 1.54) is 51.9 Å². The van der Waals surface area contributed by atoms with E-state index in [2.05, 4.69) is 225 Å². The highest BCUT2D eigenvalue weighted by atomic mass is 32.2. The molecule has 125 heavy (non-hydrogen) atoms. The Hall–Kier alpha value is -10.3.